The van der Waals surface area contributed by atoms with Gasteiger partial charge in [-0.05, 0) is 51.1 Å². The number of aliphatic imine (C=N–C) groups is 1. The summed E-state index contributed by atoms with van der Waals surface area (Å²) >= 11 is 0. The van der Waals surface area contributed by atoms with Gasteiger partial charge in [0.15, 0.2) is 17.5 Å². The molecule has 0 aliphatic carbocycles. The summed E-state index contributed by atoms with van der Waals surface area (Å²) in [6.45, 7) is 13.6. The molecular weight excluding hydrogens is 316 g/mol. The summed E-state index contributed by atoms with van der Waals surface area (Å²) in [4.78, 5) is 7.14. The predicted octanol–water partition coefficient (Wildman–Crippen LogP) is 2.24. The van der Waals surface area contributed by atoms with Crippen LogP contribution in [0.1, 0.15) is 33.3 Å². The normalized spacial score (nSPS) is 14.7. The van der Waals surface area contributed by atoms with Crippen LogP contribution in [0.5, 0.6) is 11.5 Å². The highest BCUT2D eigenvalue weighted by Gasteiger charge is 2.13. The first-order valence-electron chi connectivity index (χ1n) is 9.32. The second-order valence-electron chi connectivity index (χ2n) is 6.15. The molecule has 6 heteroatoms. The van der Waals surface area contributed by atoms with E-state index in [2.05, 4.69) is 55.4 Å². The average Bonchev–Trinajstić information content (AvgIpc) is 3.08. The number of nitrogens with zero attached hydrogens (tertiary/aromatic N) is 2. The molecule has 1 unspecified atom stereocenters. The van der Waals surface area contributed by atoms with E-state index in [1.807, 2.05) is 6.07 Å². The number of guanidine groups is 1. The summed E-state index contributed by atoms with van der Waals surface area (Å²) < 4.78 is 10.8. The molecule has 1 heterocycles. The van der Waals surface area contributed by atoms with Crippen LogP contribution < -0.4 is 20.1 Å². The monoisotopic (exact) mass is 348 g/mol. The smallest absolute Gasteiger partial charge is 0.231 e. The molecule has 0 amide bonds. The number of hydrogen-bond acceptors (Lipinski definition) is 4. The van der Waals surface area contributed by atoms with Gasteiger partial charge < -0.3 is 20.1 Å². The lowest BCUT2D eigenvalue weighted by molar-refractivity contribution is 0.174. The van der Waals surface area contributed by atoms with Crippen molar-refractivity contribution in [3.63, 3.8) is 0 Å². The fraction of sp³-hybridized carbons (Fsp3) is 0.632. The molecule has 6 nitrogen and oxygen atoms in total. The molecular formula is C19H32N4O2. The van der Waals surface area contributed by atoms with E-state index in [1.165, 1.54) is 5.56 Å². The average molecular weight is 348 g/mol. The van der Waals surface area contributed by atoms with Crippen LogP contribution in [0.15, 0.2) is 23.2 Å². The molecule has 1 aliphatic rings. The van der Waals surface area contributed by atoms with E-state index in [0.717, 1.165) is 56.6 Å². The summed E-state index contributed by atoms with van der Waals surface area (Å²) in [6.07, 6.45) is 0.909. The molecule has 2 rings (SSSR count). The van der Waals surface area contributed by atoms with Crippen molar-refractivity contribution in [1.82, 2.24) is 15.5 Å². The quantitative estimate of drug-likeness (QED) is 0.529. The molecule has 0 radical (unpaired) electrons. The molecule has 1 atom stereocenters. The second-order valence-corrected chi connectivity index (χ2v) is 6.15. The zero-order valence-electron chi connectivity index (χ0n) is 16.0. The van der Waals surface area contributed by atoms with E-state index >= 15 is 0 Å². The van der Waals surface area contributed by atoms with Gasteiger partial charge in [0.25, 0.3) is 0 Å². The number of rotatable bonds is 9. The molecule has 25 heavy (non-hydrogen) atoms. The molecule has 0 saturated carbocycles. The topological polar surface area (TPSA) is 58.1 Å². The highest BCUT2D eigenvalue weighted by Crippen LogP contribution is 2.32. The van der Waals surface area contributed by atoms with Crippen LogP contribution in [0, 0.1) is 0 Å². The summed E-state index contributed by atoms with van der Waals surface area (Å²) in [5, 5.41) is 6.73. The van der Waals surface area contributed by atoms with Gasteiger partial charge in [0.1, 0.15) is 0 Å². The minimum atomic E-state index is 0.318. The molecule has 0 fully saturated rings. The van der Waals surface area contributed by atoms with Crippen molar-refractivity contribution in [2.24, 2.45) is 4.99 Å². The number of ether oxygens (including phenoxy) is 2. The van der Waals surface area contributed by atoms with Crippen LogP contribution in [0.25, 0.3) is 0 Å². The van der Waals surface area contributed by atoms with Gasteiger partial charge in [-0.1, -0.05) is 19.9 Å². The van der Waals surface area contributed by atoms with E-state index in [1.54, 1.807) is 0 Å². The molecule has 0 saturated heterocycles. The summed E-state index contributed by atoms with van der Waals surface area (Å²) in [5.41, 5.74) is 1.23. The van der Waals surface area contributed by atoms with Crippen molar-refractivity contribution in [2.75, 3.05) is 39.5 Å². The summed E-state index contributed by atoms with van der Waals surface area (Å²) in [6, 6.07) is 6.56. The fourth-order valence-corrected chi connectivity index (χ4v) is 2.95. The molecule has 1 aromatic carbocycles. The van der Waals surface area contributed by atoms with Crippen molar-refractivity contribution < 1.29 is 9.47 Å². The Morgan fingerprint density at radius 1 is 1.16 bits per heavy atom. The number of fused-ring (bicyclic) bond motifs is 1. The fourth-order valence-electron chi connectivity index (χ4n) is 2.95. The van der Waals surface area contributed by atoms with Gasteiger partial charge in [-0.25, -0.2) is 0 Å². The maximum absolute atomic E-state index is 5.43. The van der Waals surface area contributed by atoms with Crippen LogP contribution in [0.4, 0.5) is 0 Å². The number of hydrogen-bond donors (Lipinski definition) is 2. The summed E-state index contributed by atoms with van der Waals surface area (Å²) in [7, 11) is 0. The lowest BCUT2D eigenvalue weighted by Crippen LogP contribution is -2.40. The van der Waals surface area contributed by atoms with Crippen molar-refractivity contribution in [1.29, 1.82) is 0 Å². The van der Waals surface area contributed by atoms with Gasteiger partial charge in [-0.2, -0.15) is 0 Å². The number of likely N-dealkylation sites (N-methyl/N-ethyl adjacent to an activating group) is 1. The Bertz CT molecular complexity index is 558. The van der Waals surface area contributed by atoms with E-state index < -0.39 is 0 Å². The van der Waals surface area contributed by atoms with E-state index in [9.17, 15) is 0 Å². The van der Waals surface area contributed by atoms with Crippen LogP contribution in [0.3, 0.4) is 0 Å². The van der Waals surface area contributed by atoms with Gasteiger partial charge >= 0.3 is 0 Å². The Labute approximate surface area is 151 Å². The molecule has 0 aromatic heterocycles. The zero-order chi connectivity index (χ0) is 18.1. The van der Waals surface area contributed by atoms with Crippen LogP contribution in [-0.2, 0) is 6.42 Å². The van der Waals surface area contributed by atoms with Gasteiger partial charge in [-0.15, -0.1) is 0 Å². The number of nitrogens with one attached hydrogen (secondary N) is 2. The first-order chi connectivity index (χ1) is 12.2. The van der Waals surface area contributed by atoms with Gasteiger partial charge in [0.2, 0.25) is 6.79 Å². The SMILES string of the molecule is CCNC(=NCC(C)N(CC)CC)NCCc1ccc2c(c1)OCO2. The van der Waals surface area contributed by atoms with Crippen molar-refractivity contribution >= 4 is 5.96 Å². The molecule has 140 valence electrons. The number of benzene rings is 1. The lowest BCUT2D eigenvalue weighted by Gasteiger charge is -2.25. The first-order valence-corrected chi connectivity index (χ1v) is 9.32. The van der Waals surface area contributed by atoms with Crippen molar-refractivity contribution in [3.8, 4) is 11.5 Å². The van der Waals surface area contributed by atoms with Crippen LogP contribution in [0.2, 0.25) is 0 Å². The Hall–Kier alpha value is -1.95. The first kappa shape index (κ1) is 19.4. The third kappa shape index (κ3) is 5.81. The lowest BCUT2D eigenvalue weighted by atomic mass is 10.1. The van der Waals surface area contributed by atoms with Crippen LogP contribution in [-0.4, -0.2) is 56.4 Å². The Balaban J connectivity index is 1.83. The van der Waals surface area contributed by atoms with E-state index in [-0.39, 0.29) is 0 Å². The molecule has 0 bridgehead atoms. The highest BCUT2D eigenvalue weighted by atomic mass is 16.7. The van der Waals surface area contributed by atoms with E-state index in [4.69, 9.17) is 14.5 Å². The largest absolute Gasteiger partial charge is 0.454 e. The van der Waals surface area contributed by atoms with Gasteiger partial charge in [0, 0.05) is 19.1 Å². The standard InChI is InChI=1S/C19H32N4O2/c1-5-20-19(22-13-15(4)23(6-2)7-3)21-11-10-16-8-9-17-18(12-16)25-14-24-17/h8-9,12,15H,5-7,10-11,13-14H2,1-4H3,(H2,20,21,22). The minimum Gasteiger partial charge on any atom is -0.454 e. The highest BCUT2D eigenvalue weighted by molar-refractivity contribution is 5.79. The molecule has 1 aromatic rings. The maximum atomic E-state index is 5.43. The molecule has 0 spiro atoms. The Kier molecular flexibility index (Phi) is 7.85. The Morgan fingerprint density at radius 2 is 1.92 bits per heavy atom. The molecule has 1 aliphatic heterocycles. The predicted molar refractivity (Wildman–Crippen MR) is 103 cm³/mol. The minimum absolute atomic E-state index is 0.318. The van der Waals surface area contributed by atoms with Crippen molar-refractivity contribution in [3.05, 3.63) is 23.8 Å². The zero-order valence-corrected chi connectivity index (χ0v) is 16.0. The second kappa shape index (κ2) is 10.1. The third-order valence-electron chi connectivity index (χ3n) is 4.44. The van der Waals surface area contributed by atoms with E-state index in [0.29, 0.717) is 12.8 Å². The van der Waals surface area contributed by atoms with Gasteiger partial charge in [0.05, 0.1) is 6.54 Å². The Morgan fingerprint density at radius 3 is 2.64 bits per heavy atom. The van der Waals surface area contributed by atoms with Crippen LogP contribution >= 0.6 is 0 Å². The summed E-state index contributed by atoms with van der Waals surface area (Å²) in [5.74, 6) is 2.55. The third-order valence-corrected chi connectivity index (χ3v) is 4.44. The van der Waals surface area contributed by atoms with Crippen molar-refractivity contribution in [2.45, 2.75) is 40.2 Å². The molecule has 2 N–H and O–H groups in total. The van der Waals surface area contributed by atoms with Gasteiger partial charge in [-0.3, -0.25) is 9.89 Å². The maximum Gasteiger partial charge on any atom is 0.231 e.